The molecule has 128 valence electrons. The first kappa shape index (κ1) is 19.1. The van der Waals surface area contributed by atoms with Crippen molar-refractivity contribution in [3.8, 4) is 0 Å². The van der Waals surface area contributed by atoms with Gasteiger partial charge in [-0.2, -0.15) is 0 Å². The molecule has 0 aromatic carbocycles. The van der Waals surface area contributed by atoms with Gasteiger partial charge in [-0.1, -0.05) is 38.3 Å². The van der Waals surface area contributed by atoms with Gasteiger partial charge in [0.2, 0.25) is 0 Å². The van der Waals surface area contributed by atoms with Gasteiger partial charge >= 0.3 is 5.97 Å². The van der Waals surface area contributed by atoms with Gasteiger partial charge in [-0.15, -0.1) is 0 Å². The number of hydrogen-bond acceptors (Lipinski definition) is 5. The van der Waals surface area contributed by atoms with Gasteiger partial charge in [0.15, 0.2) is 6.29 Å². The molecule has 1 aliphatic heterocycles. The average Bonchev–Trinajstić information content (AvgIpc) is 2.47. The van der Waals surface area contributed by atoms with Gasteiger partial charge in [0.05, 0.1) is 24.7 Å². The fourth-order valence-corrected chi connectivity index (χ4v) is 2.65. The van der Waals surface area contributed by atoms with E-state index in [2.05, 4.69) is 6.92 Å². The van der Waals surface area contributed by atoms with Crippen LogP contribution in [0.4, 0.5) is 0 Å². The number of hydrogen-bond donors (Lipinski definition) is 3. The maximum atomic E-state index is 11.0. The van der Waals surface area contributed by atoms with Crippen LogP contribution in [-0.2, 0) is 14.3 Å². The molecule has 22 heavy (non-hydrogen) atoms. The molecular formula is C16H28O6. The Morgan fingerprint density at radius 2 is 2.18 bits per heavy atom. The van der Waals surface area contributed by atoms with Gasteiger partial charge in [0.1, 0.15) is 0 Å². The summed E-state index contributed by atoms with van der Waals surface area (Å²) < 4.78 is 10.8. The molecule has 0 aliphatic carbocycles. The van der Waals surface area contributed by atoms with Gasteiger partial charge in [-0.25, -0.2) is 0 Å². The zero-order valence-electron chi connectivity index (χ0n) is 13.4. The Kier molecular flexibility index (Phi) is 8.63. The molecular weight excluding hydrogens is 288 g/mol. The summed E-state index contributed by atoms with van der Waals surface area (Å²) in [6.07, 6.45) is 4.57. The van der Waals surface area contributed by atoms with Crippen molar-refractivity contribution in [3.63, 3.8) is 0 Å². The third-order valence-corrected chi connectivity index (χ3v) is 3.96. The van der Waals surface area contributed by atoms with E-state index in [0.29, 0.717) is 6.42 Å². The highest BCUT2D eigenvalue weighted by Gasteiger charge is 2.37. The van der Waals surface area contributed by atoms with Crippen LogP contribution in [-0.4, -0.2) is 53.0 Å². The van der Waals surface area contributed by atoms with E-state index < -0.39 is 36.5 Å². The molecule has 5 atom stereocenters. The molecule has 1 rings (SSSR count). The number of ether oxygens (including phenoxy) is 2. The summed E-state index contributed by atoms with van der Waals surface area (Å²) in [6.45, 7) is 2.10. The summed E-state index contributed by atoms with van der Waals surface area (Å²) in [4.78, 5) is 11.0. The first-order valence-electron chi connectivity index (χ1n) is 7.92. The van der Waals surface area contributed by atoms with Gasteiger partial charge < -0.3 is 24.8 Å². The smallest absolute Gasteiger partial charge is 0.303 e. The number of aliphatic hydroxyl groups is 2. The van der Waals surface area contributed by atoms with E-state index >= 15 is 0 Å². The molecule has 0 saturated carbocycles. The Balaban J connectivity index is 2.65. The second-order valence-corrected chi connectivity index (χ2v) is 5.78. The number of carbonyl (C=O) groups is 1. The summed E-state index contributed by atoms with van der Waals surface area (Å²) in [5, 5.41) is 29.0. The lowest BCUT2D eigenvalue weighted by Crippen LogP contribution is -2.45. The molecule has 0 radical (unpaired) electrons. The van der Waals surface area contributed by atoms with E-state index in [-0.39, 0.29) is 12.8 Å². The summed E-state index contributed by atoms with van der Waals surface area (Å²) in [6, 6.07) is 0. The zero-order chi connectivity index (χ0) is 16.5. The minimum atomic E-state index is -0.981. The minimum Gasteiger partial charge on any atom is -0.481 e. The third kappa shape index (κ3) is 6.44. The first-order chi connectivity index (χ1) is 10.5. The lowest BCUT2D eigenvalue weighted by atomic mass is 9.87. The Bertz CT molecular complexity index is 357. The maximum Gasteiger partial charge on any atom is 0.303 e. The molecule has 3 N–H and O–H groups in total. The summed E-state index contributed by atoms with van der Waals surface area (Å²) >= 11 is 0. The Hall–Kier alpha value is -0.950. The average molecular weight is 316 g/mol. The summed E-state index contributed by atoms with van der Waals surface area (Å²) in [7, 11) is 1.48. The largest absolute Gasteiger partial charge is 0.481 e. The van der Waals surface area contributed by atoms with E-state index in [1.165, 1.54) is 7.11 Å². The Morgan fingerprint density at radius 1 is 1.45 bits per heavy atom. The van der Waals surface area contributed by atoms with E-state index in [9.17, 15) is 15.0 Å². The second-order valence-electron chi connectivity index (χ2n) is 5.78. The van der Waals surface area contributed by atoms with Crippen molar-refractivity contribution in [1.29, 1.82) is 0 Å². The van der Waals surface area contributed by atoms with Crippen LogP contribution in [0.15, 0.2) is 12.2 Å². The predicted molar refractivity (Wildman–Crippen MR) is 81.3 cm³/mol. The molecule has 6 nitrogen and oxygen atoms in total. The summed E-state index contributed by atoms with van der Waals surface area (Å²) in [5.41, 5.74) is 0. The quantitative estimate of drug-likeness (QED) is 0.442. The molecule has 1 unspecified atom stereocenters. The molecule has 1 aliphatic rings. The fraction of sp³-hybridized carbons (Fsp3) is 0.812. The van der Waals surface area contributed by atoms with Crippen molar-refractivity contribution in [2.75, 3.05) is 7.11 Å². The highest BCUT2D eigenvalue weighted by Crippen LogP contribution is 2.29. The van der Waals surface area contributed by atoms with Crippen molar-refractivity contribution in [3.05, 3.63) is 12.2 Å². The van der Waals surface area contributed by atoms with Crippen molar-refractivity contribution >= 4 is 5.97 Å². The monoisotopic (exact) mass is 316 g/mol. The van der Waals surface area contributed by atoms with E-state index in [1.807, 2.05) is 0 Å². The van der Waals surface area contributed by atoms with Crippen LogP contribution in [0.25, 0.3) is 0 Å². The van der Waals surface area contributed by atoms with E-state index in [4.69, 9.17) is 14.6 Å². The number of carboxylic acid groups (broad SMARTS) is 1. The topological polar surface area (TPSA) is 96.2 Å². The van der Waals surface area contributed by atoms with Gasteiger partial charge in [-0.3, -0.25) is 4.79 Å². The standard InChI is InChI=1S/C16H28O6/c1-3-4-5-6-11(17)7-8-14-12(9-15(19)20)13(18)10-16(21-2)22-14/h7-8,11-14,16-18H,3-6,9-10H2,1-2H3,(H,19,20)/t11?,12-,13-,14+,16-/m0/s1. The normalized spacial score (nSPS) is 30.5. The number of methoxy groups -OCH3 is 1. The van der Waals surface area contributed by atoms with Crippen LogP contribution in [0.3, 0.4) is 0 Å². The molecule has 0 spiro atoms. The van der Waals surface area contributed by atoms with Crippen molar-refractivity contribution in [1.82, 2.24) is 0 Å². The van der Waals surface area contributed by atoms with Crippen molar-refractivity contribution in [2.24, 2.45) is 5.92 Å². The predicted octanol–water partition coefficient (Wildman–Crippen LogP) is 1.70. The van der Waals surface area contributed by atoms with Crippen LogP contribution < -0.4 is 0 Å². The molecule has 1 fully saturated rings. The molecule has 0 amide bonds. The fourth-order valence-electron chi connectivity index (χ4n) is 2.65. The van der Waals surface area contributed by atoms with Crippen molar-refractivity contribution in [2.45, 2.75) is 70.1 Å². The van der Waals surface area contributed by atoms with Gasteiger partial charge in [0.25, 0.3) is 0 Å². The number of unbranched alkanes of at least 4 members (excludes halogenated alkanes) is 2. The number of aliphatic carboxylic acids is 1. The molecule has 1 heterocycles. The van der Waals surface area contributed by atoms with E-state index in [0.717, 1.165) is 19.3 Å². The third-order valence-electron chi connectivity index (χ3n) is 3.96. The zero-order valence-corrected chi connectivity index (χ0v) is 13.4. The van der Waals surface area contributed by atoms with Crippen LogP contribution in [0.1, 0.15) is 45.4 Å². The molecule has 0 aromatic rings. The first-order valence-corrected chi connectivity index (χ1v) is 7.92. The maximum absolute atomic E-state index is 11.0. The van der Waals surface area contributed by atoms with Gasteiger partial charge in [0, 0.05) is 19.4 Å². The Labute approximate surface area is 131 Å². The highest BCUT2D eigenvalue weighted by molar-refractivity contribution is 5.67. The second kappa shape index (κ2) is 9.94. The SMILES string of the molecule is CCCCCC(O)C=C[C@H]1O[C@H](OC)C[C@H](O)[C@@H]1CC(=O)O. The number of carboxylic acids is 1. The van der Waals surface area contributed by atoms with E-state index in [1.54, 1.807) is 12.2 Å². The van der Waals surface area contributed by atoms with Gasteiger partial charge in [-0.05, 0) is 6.42 Å². The van der Waals surface area contributed by atoms with Crippen LogP contribution in [0.2, 0.25) is 0 Å². The molecule has 0 bridgehead atoms. The molecule has 6 heteroatoms. The lowest BCUT2D eigenvalue weighted by Gasteiger charge is -2.37. The molecule has 0 aromatic heterocycles. The molecule has 1 saturated heterocycles. The number of aliphatic hydroxyl groups excluding tert-OH is 2. The van der Waals surface area contributed by atoms with Crippen LogP contribution in [0, 0.1) is 5.92 Å². The highest BCUT2D eigenvalue weighted by atomic mass is 16.7. The Morgan fingerprint density at radius 3 is 2.77 bits per heavy atom. The van der Waals surface area contributed by atoms with Crippen LogP contribution >= 0.6 is 0 Å². The summed E-state index contributed by atoms with van der Waals surface area (Å²) in [5.74, 6) is -1.52. The van der Waals surface area contributed by atoms with Crippen LogP contribution in [0.5, 0.6) is 0 Å². The minimum absolute atomic E-state index is 0.182. The number of rotatable bonds is 9. The van der Waals surface area contributed by atoms with Crippen molar-refractivity contribution < 1.29 is 29.6 Å². The lowest BCUT2D eigenvalue weighted by molar-refractivity contribution is -0.215.